The molecule has 0 aliphatic heterocycles. The van der Waals surface area contributed by atoms with E-state index in [1.807, 2.05) is 0 Å². The summed E-state index contributed by atoms with van der Waals surface area (Å²) < 4.78 is 0. The Morgan fingerprint density at radius 1 is 1.35 bits per heavy atom. The summed E-state index contributed by atoms with van der Waals surface area (Å²) in [6.45, 7) is -0.235. The van der Waals surface area contributed by atoms with Crippen molar-refractivity contribution >= 4 is 11.8 Å². The zero-order chi connectivity index (χ0) is 14.5. The molecule has 1 heterocycles. The SMILES string of the molecule is NC(=O)C(O)CNC(=O)c1ccc(-c2nn[nH]n2)cc1. The molecule has 2 rings (SSSR count). The number of H-pyrrole nitrogens is 1. The fourth-order valence-corrected chi connectivity index (χ4v) is 1.45. The van der Waals surface area contributed by atoms with Crippen molar-refractivity contribution in [2.24, 2.45) is 5.73 Å². The van der Waals surface area contributed by atoms with Crippen molar-refractivity contribution in [3.05, 3.63) is 29.8 Å². The number of benzene rings is 1. The number of amides is 2. The average molecular weight is 276 g/mol. The van der Waals surface area contributed by atoms with E-state index in [9.17, 15) is 14.7 Å². The van der Waals surface area contributed by atoms with Gasteiger partial charge in [0.05, 0.1) is 6.54 Å². The Balaban J connectivity index is 1.99. The number of carbonyl (C=O) groups is 2. The van der Waals surface area contributed by atoms with Crippen molar-refractivity contribution in [3.8, 4) is 11.4 Å². The molecule has 0 saturated heterocycles. The monoisotopic (exact) mass is 276 g/mol. The predicted octanol–water partition coefficient (Wildman–Crippen LogP) is -1.56. The van der Waals surface area contributed by atoms with Crippen LogP contribution in [-0.2, 0) is 4.79 Å². The highest BCUT2D eigenvalue weighted by atomic mass is 16.3. The lowest BCUT2D eigenvalue weighted by Gasteiger charge is -2.08. The highest BCUT2D eigenvalue weighted by molar-refractivity contribution is 5.95. The van der Waals surface area contributed by atoms with Gasteiger partial charge >= 0.3 is 0 Å². The van der Waals surface area contributed by atoms with Crippen LogP contribution in [0.3, 0.4) is 0 Å². The Hall–Kier alpha value is -2.81. The molecular formula is C11H12N6O3. The number of aliphatic hydroxyl groups excluding tert-OH is 1. The van der Waals surface area contributed by atoms with Crippen molar-refractivity contribution < 1.29 is 14.7 Å². The van der Waals surface area contributed by atoms with E-state index in [-0.39, 0.29) is 6.54 Å². The number of aromatic nitrogens is 4. The number of nitrogens with zero attached hydrogens (tertiary/aromatic N) is 3. The van der Waals surface area contributed by atoms with E-state index in [1.54, 1.807) is 24.3 Å². The number of carbonyl (C=O) groups excluding carboxylic acids is 2. The van der Waals surface area contributed by atoms with Crippen LogP contribution in [0.15, 0.2) is 24.3 Å². The Bertz CT molecular complexity index is 595. The zero-order valence-corrected chi connectivity index (χ0v) is 10.3. The summed E-state index contributed by atoms with van der Waals surface area (Å²) in [5.41, 5.74) is 5.94. The van der Waals surface area contributed by atoms with Crippen molar-refractivity contribution in [2.75, 3.05) is 6.54 Å². The van der Waals surface area contributed by atoms with Gasteiger partial charge in [0, 0.05) is 11.1 Å². The van der Waals surface area contributed by atoms with Gasteiger partial charge in [-0.05, 0) is 17.3 Å². The Kier molecular flexibility index (Phi) is 4.01. The number of aromatic amines is 1. The smallest absolute Gasteiger partial charge is 0.251 e. The first-order chi connectivity index (χ1) is 9.58. The summed E-state index contributed by atoms with van der Waals surface area (Å²) in [4.78, 5) is 22.4. The molecule has 0 radical (unpaired) electrons. The van der Waals surface area contributed by atoms with Gasteiger partial charge in [-0.15, -0.1) is 10.2 Å². The molecule has 1 atom stereocenters. The number of nitrogens with two attached hydrogens (primary N) is 1. The largest absolute Gasteiger partial charge is 0.381 e. The minimum atomic E-state index is -1.41. The van der Waals surface area contributed by atoms with Gasteiger partial charge in [-0.25, -0.2) is 0 Å². The molecule has 1 aromatic carbocycles. The van der Waals surface area contributed by atoms with E-state index in [1.165, 1.54) is 0 Å². The van der Waals surface area contributed by atoms with Crippen molar-refractivity contribution in [2.45, 2.75) is 6.10 Å². The van der Waals surface area contributed by atoms with Gasteiger partial charge in [0.2, 0.25) is 11.7 Å². The number of primary amides is 1. The van der Waals surface area contributed by atoms with Crippen LogP contribution < -0.4 is 11.1 Å². The summed E-state index contributed by atoms with van der Waals surface area (Å²) >= 11 is 0. The third-order valence-corrected chi connectivity index (χ3v) is 2.54. The fraction of sp³-hybridized carbons (Fsp3) is 0.182. The molecule has 1 unspecified atom stereocenters. The minimum Gasteiger partial charge on any atom is -0.381 e. The van der Waals surface area contributed by atoms with Gasteiger partial charge in [-0.3, -0.25) is 9.59 Å². The van der Waals surface area contributed by atoms with Crippen LogP contribution in [0.4, 0.5) is 0 Å². The van der Waals surface area contributed by atoms with E-state index in [4.69, 9.17) is 5.73 Å². The predicted molar refractivity (Wildman–Crippen MR) is 67.1 cm³/mol. The number of hydrogen-bond donors (Lipinski definition) is 4. The van der Waals surface area contributed by atoms with Gasteiger partial charge in [-0.2, -0.15) is 5.21 Å². The van der Waals surface area contributed by atoms with E-state index in [0.717, 1.165) is 0 Å². The summed E-state index contributed by atoms with van der Waals surface area (Å²) in [6.07, 6.45) is -1.41. The van der Waals surface area contributed by atoms with Gasteiger partial charge < -0.3 is 16.2 Å². The average Bonchev–Trinajstić information content (AvgIpc) is 2.98. The molecule has 5 N–H and O–H groups in total. The first kappa shape index (κ1) is 13.6. The molecule has 9 heteroatoms. The van der Waals surface area contributed by atoms with Crippen molar-refractivity contribution in [1.82, 2.24) is 25.9 Å². The molecule has 0 aliphatic rings. The number of nitrogens with one attached hydrogen (secondary N) is 2. The zero-order valence-electron chi connectivity index (χ0n) is 10.3. The highest BCUT2D eigenvalue weighted by Crippen LogP contribution is 2.13. The third-order valence-electron chi connectivity index (χ3n) is 2.54. The second-order valence-corrected chi connectivity index (χ2v) is 3.94. The highest BCUT2D eigenvalue weighted by Gasteiger charge is 2.13. The van der Waals surface area contributed by atoms with Crippen molar-refractivity contribution in [1.29, 1.82) is 0 Å². The molecule has 0 fully saturated rings. The van der Waals surface area contributed by atoms with Crippen LogP contribution in [0.5, 0.6) is 0 Å². The Morgan fingerprint density at radius 3 is 2.60 bits per heavy atom. The maximum absolute atomic E-state index is 11.7. The van der Waals surface area contributed by atoms with Gasteiger partial charge in [0.25, 0.3) is 5.91 Å². The van der Waals surface area contributed by atoms with E-state index in [0.29, 0.717) is 17.0 Å². The lowest BCUT2D eigenvalue weighted by Crippen LogP contribution is -2.39. The topological polar surface area (TPSA) is 147 Å². The Labute approximate surface area is 113 Å². The molecule has 104 valence electrons. The summed E-state index contributed by atoms with van der Waals surface area (Å²) in [5, 5.41) is 24.9. The number of rotatable bonds is 5. The number of hydrogen-bond acceptors (Lipinski definition) is 6. The maximum Gasteiger partial charge on any atom is 0.251 e. The van der Waals surface area contributed by atoms with E-state index >= 15 is 0 Å². The normalized spacial score (nSPS) is 11.8. The molecule has 1 aromatic heterocycles. The van der Waals surface area contributed by atoms with Crippen LogP contribution in [-0.4, -0.2) is 50.2 Å². The molecule has 0 saturated carbocycles. The number of aliphatic hydroxyl groups is 1. The summed E-state index contributed by atoms with van der Waals surface area (Å²) in [7, 11) is 0. The first-order valence-electron chi connectivity index (χ1n) is 5.67. The van der Waals surface area contributed by atoms with Crippen LogP contribution in [0.2, 0.25) is 0 Å². The van der Waals surface area contributed by atoms with Crippen molar-refractivity contribution in [3.63, 3.8) is 0 Å². The van der Waals surface area contributed by atoms with E-state index in [2.05, 4.69) is 25.9 Å². The van der Waals surface area contributed by atoms with Gasteiger partial charge in [-0.1, -0.05) is 12.1 Å². The van der Waals surface area contributed by atoms with Crippen LogP contribution in [0.1, 0.15) is 10.4 Å². The molecule has 0 bridgehead atoms. The van der Waals surface area contributed by atoms with Crippen LogP contribution in [0, 0.1) is 0 Å². The maximum atomic E-state index is 11.7. The fourth-order valence-electron chi connectivity index (χ4n) is 1.45. The van der Waals surface area contributed by atoms with Gasteiger partial charge in [0.15, 0.2) is 0 Å². The number of tetrazole rings is 1. The quantitative estimate of drug-likeness (QED) is 0.519. The summed E-state index contributed by atoms with van der Waals surface area (Å²) in [6, 6.07) is 6.45. The second kappa shape index (κ2) is 5.89. The lowest BCUT2D eigenvalue weighted by atomic mass is 10.1. The third kappa shape index (κ3) is 3.14. The molecule has 20 heavy (non-hydrogen) atoms. The molecule has 0 aliphatic carbocycles. The molecule has 0 spiro atoms. The Morgan fingerprint density at radius 2 is 2.05 bits per heavy atom. The second-order valence-electron chi connectivity index (χ2n) is 3.94. The first-order valence-corrected chi connectivity index (χ1v) is 5.67. The molecule has 2 aromatic rings. The molecular weight excluding hydrogens is 264 g/mol. The summed E-state index contributed by atoms with van der Waals surface area (Å²) in [5.74, 6) is -0.899. The lowest BCUT2D eigenvalue weighted by molar-refractivity contribution is -0.125. The van der Waals surface area contributed by atoms with E-state index < -0.39 is 17.9 Å². The van der Waals surface area contributed by atoms with Crippen LogP contribution >= 0.6 is 0 Å². The standard InChI is InChI=1S/C11H12N6O3/c12-9(19)8(18)5-13-11(20)7-3-1-6(2-4-7)10-14-16-17-15-10/h1-4,8,18H,5H2,(H2,12,19)(H,13,20)(H,14,15,16,17). The van der Waals surface area contributed by atoms with Crippen LogP contribution in [0.25, 0.3) is 11.4 Å². The van der Waals surface area contributed by atoms with Gasteiger partial charge in [0.1, 0.15) is 6.10 Å². The molecule has 2 amide bonds. The minimum absolute atomic E-state index is 0.235. The molecule has 9 nitrogen and oxygen atoms in total.